The van der Waals surface area contributed by atoms with E-state index < -0.39 is 0 Å². The van der Waals surface area contributed by atoms with Crippen LogP contribution >= 0.6 is 0 Å². The summed E-state index contributed by atoms with van der Waals surface area (Å²) < 4.78 is 5.25. The highest BCUT2D eigenvalue weighted by atomic mass is 16.6. The van der Waals surface area contributed by atoms with Gasteiger partial charge in [-0.15, -0.1) is 0 Å². The van der Waals surface area contributed by atoms with Gasteiger partial charge in [0.1, 0.15) is 0 Å². The molecule has 68 valence electrons. The van der Waals surface area contributed by atoms with Gasteiger partial charge in [0, 0.05) is 0 Å². The van der Waals surface area contributed by atoms with Crippen LogP contribution in [0.1, 0.15) is 38.5 Å². The highest BCUT2D eigenvalue weighted by molar-refractivity contribution is 4.90. The summed E-state index contributed by atoms with van der Waals surface area (Å²) in [6, 6.07) is 0. The van der Waals surface area contributed by atoms with Crippen molar-refractivity contribution in [1.29, 1.82) is 0 Å². The van der Waals surface area contributed by atoms with Crippen LogP contribution in [0.4, 0.5) is 0 Å². The maximum absolute atomic E-state index is 5.25. The van der Waals surface area contributed by atoms with Crippen molar-refractivity contribution < 1.29 is 4.74 Å². The predicted molar refractivity (Wildman–Crippen MR) is 47.9 cm³/mol. The zero-order chi connectivity index (χ0) is 7.97. The molecule has 4 unspecified atom stereocenters. The molecule has 1 nitrogen and oxygen atoms in total. The van der Waals surface area contributed by atoms with Gasteiger partial charge in [-0.2, -0.15) is 0 Å². The standard InChI is InChI=1S/C11H18O/c1-2-9-5-8(1)6-10(9)3-4-11-7-12-11/h8-11H,1-7H2. The third-order valence-corrected chi connectivity index (χ3v) is 4.15. The lowest BCUT2D eigenvalue weighted by Gasteiger charge is -2.20. The first-order valence-corrected chi connectivity index (χ1v) is 5.53. The highest BCUT2D eigenvalue weighted by Crippen LogP contribution is 2.50. The Balaban J connectivity index is 1.50. The fraction of sp³-hybridized carbons (Fsp3) is 1.00. The number of ether oxygens (including phenoxy) is 1. The third kappa shape index (κ3) is 1.28. The molecule has 0 aromatic rings. The van der Waals surface area contributed by atoms with Crippen molar-refractivity contribution in [2.24, 2.45) is 17.8 Å². The van der Waals surface area contributed by atoms with Gasteiger partial charge in [-0.1, -0.05) is 6.42 Å². The molecule has 1 aliphatic heterocycles. The number of fused-ring (bicyclic) bond motifs is 2. The molecule has 3 fully saturated rings. The van der Waals surface area contributed by atoms with Crippen molar-refractivity contribution in [2.75, 3.05) is 6.61 Å². The summed E-state index contributed by atoms with van der Waals surface area (Å²) in [5.41, 5.74) is 0. The van der Waals surface area contributed by atoms with E-state index >= 15 is 0 Å². The molecule has 0 spiro atoms. The van der Waals surface area contributed by atoms with Gasteiger partial charge in [0.05, 0.1) is 12.7 Å². The van der Waals surface area contributed by atoms with Gasteiger partial charge in [-0.3, -0.25) is 0 Å². The van der Waals surface area contributed by atoms with Gasteiger partial charge in [0.25, 0.3) is 0 Å². The third-order valence-electron chi connectivity index (χ3n) is 4.15. The molecule has 3 aliphatic rings. The second-order valence-electron chi connectivity index (χ2n) is 4.97. The molecule has 2 saturated carbocycles. The predicted octanol–water partition coefficient (Wildman–Crippen LogP) is 2.60. The molecule has 0 N–H and O–H groups in total. The molecule has 1 saturated heterocycles. The van der Waals surface area contributed by atoms with E-state index in [2.05, 4.69) is 0 Å². The minimum absolute atomic E-state index is 0.670. The van der Waals surface area contributed by atoms with Gasteiger partial charge >= 0.3 is 0 Å². The normalized spacial score (nSPS) is 50.0. The summed E-state index contributed by atoms with van der Waals surface area (Å²) >= 11 is 0. The van der Waals surface area contributed by atoms with Crippen molar-refractivity contribution in [3.05, 3.63) is 0 Å². The first-order chi connectivity index (χ1) is 5.92. The smallest absolute Gasteiger partial charge is 0.0810 e. The molecule has 2 aliphatic carbocycles. The lowest BCUT2D eigenvalue weighted by molar-refractivity contribution is 0.290. The fourth-order valence-corrected chi connectivity index (χ4v) is 3.36. The van der Waals surface area contributed by atoms with Crippen LogP contribution in [-0.4, -0.2) is 12.7 Å². The Kier molecular flexibility index (Phi) is 1.68. The summed E-state index contributed by atoms with van der Waals surface area (Å²) in [4.78, 5) is 0. The molecule has 0 amide bonds. The van der Waals surface area contributed by atoms with Crippen molar-refractivity contribution in [3.8, 4) is 0 Å². The molecule has 0 aromatic carbocycles. The maximum atomic E-state index is 5.25. The second-order valence-corrected chi connectivity index (χ2v) is 4.97. The van der Waals surface area contributed by atoms with E-state index in [1.165, 1.54) is 12.8 Å². The molecule has 2 bridgehead atoms. The molecule has 4 atom stereocenters. The van der Waals surface area contributed by atoms with Crippen LogP contribution in [0.3, 0.4) is 0 Å². The SMILES string of the molecule is C1CC2CC1CC2CCC1CO1. The monoisotopic (exact) mass is 166 g/mol. The van der Waals surface area contributed by atoms with E-state index in [4.69, 9.17) is 4.74 Å². The summed E-state index contributed by atoms with van der Waals surface area (Å²) in [5.74, 6) is 3.34. The van der Waals surface area contributed by atoms with Gasteiger partial charge in [-0.25, -0.2) is 0 Å². The summed E-state index contributed by atoms with van der Waals surface area (Å²) in [5, 5.41) is 0. The molecule has 1 heterocycles. The topological polar surface area (TPSA) is 12.5 Å². The number of rotatable bonds is 3. The van der Waals surface area contributed by atoms with E-state index in [0.717, 1.165) is 24.4 Å². The Labute approximate surface area is 74.5 Å². The van der Waals surface area contributed by atoms with Crippen LogP contribution in [0.15, 0.2) is 0 Å². The number of epoxide rings is 1. The van der Waals surface area contributed by atoms with Gasteiger partial charge in [0.2, 0.25) is 0 Å². The summed E-state index contributed by atoms with van der Waals surface area (Å²) in [6.07, 6.45) is 9.69. The molecule has 0 aromatic heterocycles. The molecule has 1 heteroatoms. The minimum Gasteiger partial charge on any atom is -0.373 e. The molecular formula is C11H18O. The number of hydrogen-bond donors (Lipinski definition) is 0. The Hall–Kier alpha value is -0.0400. The van der Waals surface area contributed by atoms with Crippen molar-refractivity contribution in [3.63, 3.8) is 0 Å². The maximum Gasteiger partial charge on any atom is 0.0810 e. The summed E-state index contributed by atoms with van der Waals surface area (Å²) in [6.45, 7) is 1.06. The van der Waals surface area contributed by atoms with E-state index in [1.54, 1.807) is 25.7 Å². The Morgan fingerprint density at radius 2 is 2.00 bits per heavy atom. The average molecular weight is 166 g/mol. The van der Waals surface area contributed by atoms with Gasteiger partial charge < -0.3 is 4.74 Å². The summed E-state index contributed by atoms with van der Waals surface area (Å²) in [7, 11) is 0. The fourth-order valence-electron chi connectivity index (χ4n) is 3.36. The lowest BCUT2D eigenvalue weighted by Crippen LogP contribution is -2.10. The van der Waals surface area contributed by atoms with Crippen LogP contribution in [-0.2, 0) is 4.74 Å². The Morgan fingerprint density at radius 3 is 2.58 bits per heavy atom. The van der Waals surface area contributed by atoms with E-state index in [-0.39, 0.29) is 0 Å². The van der Waals surface area contributed by atoms with Gasteiger partial charge in [0.15, 0.2) is 0 Å². The molecule has 3 rings (SSSR count). The van der Waals surface area contributed by atoms with Crippen LogP contribution < -0.4 is 0 Å². The first kappa shape index (κ1) is 7.37. The van der Waals surface area contributed by atoms with Crippen molar-refractivity contribution in [1.82, 2.24) is 0 Å². The number of hydrogen-bond acceptors (Lipinski definition) is 1. The average Bonchev–Trinajstić information content (AvgIpc) is 2.69. The Bertz CT molecular complexity index is 174. The van der Waals surface area contributed by atoms with Crippen LogP contribution in [0.5, 0.6) is 0 Å². The quantitative estimate of drug-likeness (QED) is 0.587. The molecule has 0 radical (unpaired) electrons. The zero-order valence-electron chi connectivity index (χ0n) is 7.67. The largest absolute Gasteiger partial charge is 0.373 e. The van der Waals surface area contributed by atoms with Crippen LogP contribution in [0, 0.1) is 17.8 Å². The molecule has 12 heavy (non-hydrogen) atoms. The minimum atomic E-state index is 0.670. The van der Waals surface area contributed by atoms with Gasteiger partial charge in [-0.05, 0) is 49.9 Å². The first-order valence-electron chi connectivity index (χ1n) is 5.53. The van der Waals surface area contributed by atoms with Crippen LogP contribution in [0.2, 0.25) is 0 Å². The highest BCUT2D eigenvalue weighted by Gasteiger charge is 2.39. The van der Waals surface area contributed by atoms with Crippen molar-refractivity contribution in [2.45, 2.75) is 44.6 Å². The molecular weight excluding hydrogens is 148 g/mol. The zero-order valence-corrected chi connectivity index (χ0v) is 7.67. The van der Waals surface area contributed by atoms with E-state index in [9.17, 15) is 0 Å². The van der Waals surface area contributed by atoms with Crippen molar-refractivity contribution >= 4 is 0 Å². The van der Waals surface area contributed by atoms with Crippen LogP contribution in [0.25, 0.3) is 0 Å². The second kappa shape index (κ2) is 2.73. The lowest BCUT2D eigenvalue weighted by atomic mass is 9.85. The van der Waals surface area contributed by atoms with E-state index in [0.29, 0.717) is 6.10 Å². The Morgan fingerprint density at radius 1 is 1.08 bits per heavy atom. The van der Waals surface area contributed by atoms with E-state index in [1.807, 2.05) is 0 Å².